The fraction of sp³-hybridized carbons (Fsp3) is 0.632. The van der Waals surface area contributed by atoms with Crippen LogP contribution in [0.3, 0.4) is 0 Å². The molecule has 1 aromatic carbocycles. The van der Waals surface area contributed by atoms with Gasteiger partial charge in [-0.3, -0.25) is 4.79 Å². The summed E-state index contributed by atoms with van der Waals surface area (Å²) in [7, 11) is 0. The third-order valence-corrected chi connectivity index (χ3v) is 4.65. The van der Waals surface area contributed by atoms with E-state index in [1.165, 1.54) is 5.56 Å². The molecule has 3 atom stereocenters. The first kappa shape index (κ1) is 20.0. The van der Waals surface area contributed by atoms with Crippen LogP contribution in [0, 0.1) is 5.92 Å². The number of hydrogen-bond acceptors (Lipinski definition) is 3. The average Bonchev–Trinajstić information content (AvgIpc) is 2.57. The van der Waals surface area contributed by atoms with E-state index in [1.54, 1.807) is 0 Å². The number of halogens is 1. The number of benzene rings is 1. The Morgan fingerprint density at radius 3 is 2.70 bits per heavy atom. The summed E-state index contributed by atoms with van der Waals surface area (Å²) >= 11 is 0. The Morgan fingerprint density at radius 2 is 2.04 bits per heavy atom. The summed E-state index contributed by atoms with van der Waals surface area (Å²) in [6, 6.07) is 10.4. The molecule has 23 heavy (non-hydrogen) atoms. The summed E-state index contributed by atoms with van der Waals surface area (Å²) in [5, 5.41) is 3.36. The van der Waals surface area contributed by atoms with E-state index in [0.29, 0.717) is 5.92 Å². The Morgan fingerprint density at radius 1 is 1.30 bits per heavy atom. The average molecular weight is 340 g/mol. The van der Waals surface area contributed by atoms with Gasteiger partial charge in [-0.2, -0.15) is 0 Å². The number of carbonyl (C=O) groups excluding carboxylic acids is 1. The largest absolute Gasteiger partial charge is 0.460 e. The molecule has 0 saturated carbocycles. The van der Waals surface area contributed by atoms with Crippen molar-refractivity contribution < 1.29 is 9.53 Å². The van der Waals surface area contributed by atoms with E-state index in [0.717, 1.165) is 45.2 Å². The zero-order chi connectivity index (χ0) is 15.8. The lowest BCUT2D eigenvalue weighted by molar-refractivity contribution is -0.156. The van der Waals surface area contributed by atoms with Gasteiger partial charge < -0.3 is 10.1 Å². The summed E-state index contributed by atoms with van der Waals surface area (Å²) in [5.74, 6) is 0.360. The van der Waals surface area contributed by atoms with Gasteiger partial charge in [0, 0.05) is 12.5 Å². The van der Waals surface area contributed by atoms with Crippen molar-refractivity contribution in [1.29, 1.82) is 0 Å². The highest BCUT2D eigenvalue weighted by molar-refractivity contribution is 5.85. The molecule has 1 aliphatic heterocycles. The molecule has 2 rings (SSSR count). The van der Waals surface area contributed by atoms with Crippen LogP contribution in [0.4, 0.5) is 0 Å². The highest BCUT2D eigenvalue weighted by Crippen LogP contribution is 2.28. The van der Waals surface area contributed by atoms with E-state index in [4.69, 9.17) is 4.74 Å². The Kier molecular flexibility index (Phi) is 9.27. The molecular formula is C19H30ClNO2. The van der Waals surface area contributed by atoms with Gasteiger partial charge in [-0.25, -0.2) is 0 Å². The van der Waals surface area contributed by atoms with Gasteiger partial charge in [-0.05, 0) is 31.4 Å². The van der Waals surface area contributed by atoms with Crippen molar-refractivity contribution in [2.45, 2.75) is 58.0 Å². The van der Waals surface area contributed by atoms with Crippen LogP contribution in [0.2, 0.25) is 0 Å². The number of esters is 1. The van der Waals surface area contributed by atoms with Gasteiger partial charge in [-0.15, -0.1) is 12.4 Å². The summed E-state index contributed by atoms with van der Waals surface area (Å²) in [4.78, 5) is 12.5. The van der Waals surface area contributed by atoms with Crippen LogP contribution in [0.1, 0.15) is 57.4 Å². The van der Waals surface area contributed by atoms with Crippen molar-refractivity contribution in [3.8, 4) is 0 Å². The second-order valence-electron chi connectivity index (χ2n) is 6.23. The predicted molar refractivity (Wildman–Crippen MR) is 97.1 cm³/mol. The molecule has 1 heterocycles. The summed E-state index contributed by atoms with van der Waals surface area (Å²) in [5.41, 5.74) is 1.28. The molecule has 3 nitrogen and oxygen atoms in total. The van der Waals surface area contributed by atoms with Crippen molar-refractivity contribution >= 4 is 18.4 Å². The number of nitrogens with one attached hydrogen (secondary N) is 1. The number of unbranched alkanes of at least 4 members (excludes halogenated alkanes) is 1. The molecule has 0 spiro atoms. The Hall–Kier alpha value is -1.06. The molecular weight excluding hydrogens is 310 g/mol. The number of rotatable bonds is 7. The van der Waals surface area contributed by atoms with Crippen molar-refractivity contribution in [3.63, 3.8) is 0 Å². The van der Waals surface area contributed by atoms with Crippen LogP contribution < -0.4 is 5.32 Å². The number of carbonyl (C=O) groups is 1. The van der Waals surface area contributed by atoms with Crippen molar-refractivity contribution in [2.24, 2.45) is 5.92 Å². The minimum absolute atomic E-state index is 0. The smallest absolute Gasteiger partial charge is 0.309 e. The summed E-state index contributed by atoms with van der Waals surface area (Å²) < 4.78 is 5.91. The van der Waals surface area contributed by atoms with Crippen LogP contribution in [-0.2, 0) is 9.53 Å². The maximum atomic E-state index is 12.5. The molecule has 1 aliphatic rings. The molecule has 1 unspecified atom stereocenters. The van der Waals surface area contributed by atoms with Crippen LogP contribution in [-0.4, -0.2) is 25.2 Å². The van der Waals surface area contributed by atoms with Crippen LogP contribution >= 0.6 is 12.4 Å². The molecule has 1 aromatic rings. The third-order valence-electron chi connectivity index (χ3n) is 4.65. The summed E-state index contributed by atoms with van der Waals surface area (Å²) in [6.45, 7) is 5.99. The van der Waals surface area contributed by atoms with Crippen LogP contribution in [0.15, 0.2) is 30.3 Å². The zero-order valence-corrected chi connectivity index (χ0v) is 15.1. The molecule has 0 amide bonds. The van der Waals surface area contributed by atoms with Gasteiger partial charge >= 0.3 is 5.97 Å². The molecule has 0 aromatic heterocycles. The first-order chi connectivity index (χ1) is 10.8. The second kappa shape index (κ2) is 10.7. The van der Waals surface area contributed by atoms with Gasteiger partial charge in [0.2, 0.25) is 0 Å². The number of hydrogen-bond donors (Lipinski definition) is 1. The third kappa shape index (κ3) is 5.82. The fourth-order valence-electron chi connectivity index (χ4n) is 3.22. The molecule has 0 radical (unpaired) electrons. The first-order valence-electron chi connectivity index (χ1n) is 8.72. The highest BCUT2D eigenvalue weighted by atomic mass is 35.5. The quantitative estimate of drug-likeness (QED) is 0.752. The van der Waals surface area contributed by atoms with E-state index in [1.807, 2.05) is 6.07 Å². The fourth-order valence-corrected chi connectivity index (χ4v) is 3.22. The lowest BCUT2D eigenvalue weighted by Gasteiger charge is -2.33. The topological polar surface area (TPSA) is 38.3 Å². The first-order valence-corrected chi connectivity index (χ1v) is 8.72. The molecule has 0 aliphatic carbocycles. The Bertz CT molecular complexity index is 452. The maximum Gasteiger partial charge on any atom is 0.309 e. The molecule has 1 N–H and O–H groups in total. The van der Waals surface area contributed by atoms with E-state index >= 15 is 0 Å². The van der Waals surface area contributed by atoms with Crippen LogP contribution in [0.25, 0.3) is 0 Å². The SMILES string of the molecule is CCCCC(CC)C(=O)O[C@H]1CNCC[C@@H]1c1ccccc1.Cl. The monoisotopic (exact) mass is 339 g/mol. The predicted octanol–water partition coefficient (Wildman–Crippen LogP) is 4.31. The van der Waals surface area contributed by atoms with E-state index in [9.17, 15) is 4.79 Å². The van der Waals surface area contributed by atoms with Gasteiger partial charge in [0.1, 0.15) is 6.10 Å². The molecule has 130 valence electrons. The van der Waals surface area contributed by atoms with Crippen LogP contribution in [0.5, 0.6) is 0 Å². The van der Waals surface area contributed by atoms with Crippen molar-refractivity contribution in [1.82, 2.24) is 5.32 Å². The molecule has 1 saturated heterocycles. The minimum atomic E-state index is -0.0423. The standard InChI is InChI=1S/C19H29NO2.ClH/c1-3-5-9-15(4-2)19(21)22-18-14-20-13-12-17(18)16-10-7-6-8-11-16;/h6-8,10-11,15,17-18,20H,3-5,9,12-14H2,1-2H3;1H/t15?,17-,18+;/m1./s1. The Balaban J connectivity index is 0.00000264. The van der Waals surface area contributed by atoms with E-state index in [-0.39, 0.29) is 30.4 Å². The van der Waals surface area contributed by atoms with Gasteiger partial charge in [-0.1, -0.05) is 57.0 Å². The highest BCUT2D eigenvalue weighted by Gasteiger charge is 2.31. The number of ether oxygens (including phenoxy) is 1. The molecule has 1 fully saturated rings. The molecule has 4 heteroatoms. The van der Waals surface area contributed by atoms with Crippen molar-refractivity contribution in [2.75, 3.05) is 13.1 Å². The van der Waals surface area contributed by atoms with Gasteiger partial charge in [0.05, 0.1) is 5.92 Å². The van der Waals surface area contributed by atoms with E-state index in [2.05, 4.69) is 43.4 Å². The lowest BCUT2D eigenvalue weighted by atomic mass is 9.87. The molecule has 0 bridgehead atoms. The second-order valence-corrected chi connectivity index (χ2v) is 6.23. The normalized spacial score (nSPS) is 22.0. The minimum Gasteiger partial charge on any atom is -0.460 e. The summed E-state index contributed by atoms with van der Waals surface area (Å²) in [6.07, 6.45) is 5.02. The van der Waals surface area contributed by atoms with Gasteiger partial charge in [0.25, 0.3) is 0 Å². The van der Waals surface area contributed by atoms with Gasteiger partial charge in [0.15, 0.2) is 0 Å². The van der Waals surface area contributed by atoms with E-state index < -0.39 is 0 Å². The Labute approximate surface area is 146 Å². The zero-order valence-electron chi connectivity index (χ0n) is 14.3. The van der Waals surface area contributed by atoms with Crippen molar-refractivity contribution in [3.05, 3.63) is 35.9 Å². The maximum absolute atomic E-state index is 12.5. The lowest BCUT2D eigenvalue weighted by Crippen LogP contribution is -2.43. The number of piperidine rings is 1.